The Kier molecular flexibility index (Phi) is 5.69. The van der Waals surface area contributed by atoms with Crippen molar-refractivity contribution in [2.45, 2.75) is 46.5 Å². The number of benzene rings is 1. The molecule has 0 aromatic heterocycles. The Bertz CT molecular complexity index is 413. The van der Waals surface area contributed by atoms with Gasteiger partial charge in [-0.2, -0.15) is 0 Å². The van der Waals surface area contributed by atoms with Gasteiger partial charge in [0.05, 0.1) is 12.2 Å². The van der Waals surface area contributed by atoms with Crippen molar-refractivity contribution < 1.29 is 9.53 Å². The van der Waals surface area contributed by atoms with Gasteiger partial charge in [0, 0.05) is 5.69 Å². The fourth-order valence-corrected chi connectivity index (χ4v) is 1.92. The van der Waals surface area contributed by atoms with Crippen molar-refractivity contribution in [2.75, 3.05) is 12.3 Å². The van der Waals surface area contributed by atoms with Crippen molar-refractivity contribution in [3.05, 3.63) is 28.8 Å². The molecular formula is C15H23NO2. The van der Waals surface area contributed by atoms with Gasteiger partial charge in [-0.15, -0.1) is 0 Å². The van der Waals surface area contributed by atoms with Crippen LogP contribution in [0.2, 0.25) is 0 Å². The Balaban J connectivity index is 2.56. The van der Waals surface area contributed by atoms with E-state index in [0.717, 1.165) is 24.0 Å². The molecule has 1 aromatic carbocycles. The number of unbranched alkanes of at least 4 members (excludes halogenated alkanes) is 3. The van der Waals surface area contributed by atoms with Gasteiger partial charge in [-0.3, -0.25) is 0 Å². The van der Waals surface area contributed by atoms with Crippen molar-refractivity contribution in [3.63, 3.8) is 0 Å². The Morgan fingerprint density at radius 2 is 1.94 bits per heavy atom. The third-order valence-corrected chi connectivity index (χ3v) is 2.98. The highest BCUT2D eigenvalue weighted by Crippen LogP contribution is 2.20. The molecule has 100 valence electrons. The molecule has 0 aliphatic heterocycles. The third kappa shape index (κ3) is 4.06. The van der Waals surface area contributed by atoms with Gasteiger partial charge in [0.15, 0.2) is 0 Å². The van der Waals surface area contributed by atoms with Crippen LogP contribution in [-0.2, 0) is 4.74 Å². The van der Waals surface area contributed by atoms with E-state index in [1.807, 2.05) is 19.9 Å². The van der Waals surface area contributed by atoms with E-state index in [0.29, 0.717) is 17.9 Å². The molecule has 1 aromatic rings. The van der Waals surface area contributed by atoms with Crippen LogP contribution in [-0.4, -0.2) is 12.6 Å². The number of carbonyl (C=O) groups excluding carboxylic acids is 1. The minimum Gasteiger partial charge on any atom is -0.462 e. The lowest BCUT2D eigenvalue weighted by atomic mass is 10.0. The monoisotopic (exact) mass is 249 g/mol. The molecule has 0 heterocycles. The van der Waals surface area contributed by atoms with Gasteiger partial charge in [-0.05, 0) is 37.5 Å². The maximum Gasteiger partial charge on any atom is 0.340 e. The molecule has 0 radical (unpaired) electrons. The summed E-state index contributed by atoms with van der Waals surface area (Å²) < 4.78 is 5.25. The molecule has 1 rings (SSSR count). The molecule has 0 saturated heterocycles. The second-order valence-corrected chi connectivity index (χ2v) is 4.74. The molecule has 0 unspecified atom stereocenters. The van der Waals surface area contributed by atoms with Gasteiger partial charge in [-0.1, -0.05) is 32.3 Å². The molecule has 0 saturated carbocycles. The van der Waals surface area contributed by atoms with E-state index < -0.39 is 0 Å². The molecule has 3 heteroatoms. The minimum atomic E-state index is -0.309. The van der Waals surface area contributed by atoms with Crippen LogP contribution in [0.25, 0.3) is 0 Å². The van der Waals surface area contributed by atoms with Gasteiger partial charge in [0.25, 0.3) is 0 Å². The number of esters is 1. The summed E-state index contributed by atoms with van der Waals surface area (Å²) in [6.07, 6.45) is 4.39. The summed E-state index contributed by atoms with van der Waals surface area (Å²) in [7, 11) is 0. The average Bonchev–Trinajstić information content (AvgIpc) is 2.33. The number of anilines is 1. The average molecular weight is 249 g/mol. The van der Waals surface area contributed by atoms with Gasteiger partial charge < -0.3 is 10.5 Å². The third-order valence-electron chi connectivity index (χ3n) is 2.98. The zero-order chi connectivity index (χ0) is 13.5. The Hall–Kier alpha value is -1.51. The van der Waals surface area contributed by atoms with Crippen LogP contribution in [0.1, 0.15) is 54.1 Å². The highest BCUT2D eigenvalue weighted by Gasteiger charge is 2.13. The number of ether oxygens (including phenoxy) is 1. The predicted molar refractivity (Wildman–Crippen MR) is 74.8 cm³/mol. The number of hydrogen-bond acceptors (Lipinski definition) is 3. The first-order valence-corrected chi connectivity index (χ1v) is 6.60. The molecule has 0 fully saturated rings. The van der Waals surface area contributed by atoms with Crippen molar-refractivity contribution in [2.24, 2.45) is 0 Å². The van der Waals surface area contributed by atoms with E-state index in [1.165, 1.54) is 12.8 Å². The minimum absolute atomic E-state index is 0.309. The Labute approximate surface area is 109 Å². The van der Waals surface area contributed by atoms with Gasteiger partial charge in [0.1, 0.15) is 0 Å². The normalized spacial score (nSPS) is 10.4. The molecule has 0 bridgehead atoms. The molecule has 2 N–H and O–H groups in total. The lowest BCUT2D eigenvalue weighted by molar-refractivity contribution is 0.0499. The summed E-state index contributed by atoms with van der Waals surface area (Å²) >= 11 is 0. The number of rotatable bonds is 6. The van der Waals surface area contributed by atoms with Crippen LogP contribution >= 0.6 is 0 Å². The van der Waals surface area contributed by atoms with E-state index in [4.69, 9.17) is 10.5 Å². The topological polar surface area (TPSA) is 52.3 Å². The lowest BCUT2D eigenvalue weighted by Gasteiger charge is -2.10. The number of nitrogen functional groups attached to an aromatic ring is 1. The van der Waals surface area contributed by atoms with Crippen LogP contribution in [0.4, 0.5) is 5.69 Å². The Morgan fingerprint density at radius 3 is 2.61 bits per heavy atom. The lowest BCUT2D eigenvalue weighted by Crippen LogP contribution is -2.10. The predicted octanol–water partition coefficient (Wildman–Crippen LogP) is 3.62. The van der Waals surface area contributed by atoms with Gasteiger partial charge in [0.2, 0.25) is 0 Å². The molecule has 0 aliphatic carbocycles. The van der Waals surface area contributed by atoms with E-state index in [9.17, 15) is 4.79 Å². The van der Waals surface area contributed by atoms with Crippen LogP contribution in [0.5, 0.6) is 0 Å². The van der Waals surface area contributed by atoms with Crippen LogP contribution in [0.15, 0.2) is 12.1 Å². The fourth-order valence-electron chi connectivity index (χ4n) is 1.92. The first kappa shape index (κ1) is 14.6. The number of aryl methyl sites for hydroxylation is 2. The summed E-state index contributed by atoms with van der Waals surface area (Å²) in [6, 6.07) is 3.75. The van der Waals surface area contributed by atoms with Crippen LogP contribution in [0, 0.1) is 13.8 Å². The largest absolute Gasteiger partial charge is 0.462 e. The SMILES string of the molecule is CCCCCCOC(=O)c1cc(C)cc(C)c1N. The van der Waals surface area contributed by atoms with E-state index in [-0.39, 0.29) is 5.97 Å². The molecular weight excluding hydrogens is 226 g/mol. The van der Waals surface area contributed by atoms with Crippen molar-refractivity contribution in [1.82, 2.24) is 0 Å². The second-order valence-electron chi connectivity index (χ2n) is 4.74. The molecule has 0 amide bonds. The molecule has 0 atom stereocenters. The Morgan fingerprint density at radius 1 is 1.22 bits per heavy atom. The highest BCUT2D eigenvalue weighted by molar-refractivity contribution is 5.96. The number of hydrogen-bond donors (Lipinski definition) is 1. The van der Waals surface area contributed by atoms with Gasteiger partial charge in [-0.25, -0.2) is 4.79 Å². The first-order valence-electron chi connectivity index (χ1n) is 6.60. The van der Waals surface area contributed by atoms with E-state index in [1.54, 1.807) is 6.07 Å². The van der Waals surface area contributed by atoms with Gasteiger partial charge >= 0.3 is 5.97 Å². The molecule has 18 heavy (non-hydrogen) atoms. The molecule has 3 nitrogen and oxygen atoms in total. The quantitative estimate of drug-likeness (QED) is 0.476. The maximum absolute atomic E-state index is 11.9. The summed E-state index contributed by atoms with van der Waals surface area (Å²) in [5.74, 6) is -0.309. The van der Waals surface area contributed by atoms with Crippen molar-refractivity contribution in [1.29, 1.82) is 0 Å². The standard InChI is InChI=1S/C15H23NO2/c1-4-5-6-7-8-18-15(17)13-10-11(2)9-12(3)14(13)16/h9-10H,4-8,16H2,1-3H3. The number of carbonyl (C=O) groups is 1. The number of nitrogens with two attached hydrogens (primary N) is 1. The summed E-state index contributed by atoms with van der Waals surface area (Å²) in [6.45, 7) is 6.48. The van der Waals surface area contributed by atoms with Crippen molar-refractivity contribution >= 4 is 11.7 Å². The van der Waals surface area contributed by atoms with Crippen molar-refractivity contribution in [3.8, 4) is 0 Å². The summed E-state index contributed by atoms with van der Waals surface area (Å²) in [5, 5.41) is 0. The zero-order valence-electron chi connectivity index (χ0n) is 11.6. The maximum atomic E-state index is 11.9. The molecule has 0 aliphatic rings. The first-order chi connectivity index (χ1) is 8.56. The zero-order valence-corrected chi connectivity index (χ0v) is 11.6. The fraction of sp³-hybridized carbons (Fsp3) is 0.533. The van der Waals surface area contributed by atoms with Crippen LogP contribution in [0.3, 0.4) is 0 Å². The molecule has 0 spiro atoms. The summed E-state index contributed by atoms with van der Waals surface area (Å²) in [4.78, 5) is 11.9. The second kappa shape index (κ2) is 7.04. The van der Waals surface area contributed by atoms with Crippen LogP contribution < -0.4 is 5.73 Å². The van der Waals surface area contributed by atoms with E-state index >= 15 is 0 Å². The highest BCUT2D eigenvalue weighted by atomic mass is 16.5. The van der Waals surface area contributed by atoms with E-state index in [2.05, 4.69) is 6.92 Å². The summed E-state index contributed by atoms with van der Waals surface area (Å²) in [5.41, 5.74) is 8.87. The smallest absolute Gasteiger partial charge is 0.340 e.